The number of nitrogens with zero attached hydrogens (tertiary/aromatic N) is 1. The molecule has 0 bridgehead atoms. The smallest absolute Gasteiger partial charge is 0.171 e. The molecular weight excluding hydrogens is 292 g/mol. The molecule has 4 N–H and O–H groups in total. The minimum Gasteiger partial charge on any atom is -0.409 e. The number of amidine groups is 1. The number of hydrogen-bond donors (Lipinski definition) is 3. The number of hydrogen-bond acceptors (Lipinski definition) is 4. The Morgan fingerprint density at radius 3 is 2.88 bits per heavy atom. The molecule has 6 heteroatoms. The van der Waals surface area contributed by atoms with Gasteiger partial charge in [-0.15, -0.1) is 11.8 Å². The van der Waals surface area contributed by atoms with Crippen LogP contribution in [0.2, 0.25) is 0 Å². The fourth-order valence-electron chi connectivity index (χ4n) is 1.13. The van der Waals surface area contributed by atoms with Gasteiger partial charge in [-0.25, -0.2) is 0 Å². The van der Waals surface area contributed by atoms with E-state index in [2.05, 4.69) is 21.1 Å². The fraction of sp³-hybridized carbons (Fsp3) is 0.300. The molecule has 1 aromatic rings. The molecule has 1 aromatic carbocycles. The van der Waals surface area contributed by atoms with Crippen LogP contribution in [0.5, 0.6) is 0 Å². The molecule has 16 heavy (non-hydrogen) atoms. The molecule has 0 amide bonds. The summed E-state index contributed by atoms with van der Waals surface area (Å²) in [6.45, 7) is 0.167. The summed E-state index contributed by atoms with van der Waals surface area (Å²) in [4.78, 5) is 0.929. The van der Waals surface area contributed by atoms with Crippen LogP contribution in [0.25, 0.3) is 0 Å². The molecule has 0 saturated carbocycles. The summed E-state index contributed by atoms with van der Waals surface area (Å²) in [6.07, 6.45) is 0.715. The largest absolute Gasteiger partial charge is 0.409 e. The Hall–Kier alpha value is -0.720. The van der Waals surface area contributed by atoms with Crippen molar-refractivity contribution in [3.05, 3.63) is 28.2 Å². The van der Waals surface area contributed by atoms with E-state index in [1.807, 2.05) is 12.1 Å². The predicted molar refractivity (Wildman–Crippen MR) is 69.1 cm³/mol. The Labute approximate surface area is 107 Å². The molecule has 4 nitrogen and oxygen atoms in total. The molecule has 0 spiro atoms. The highest BCUT2D eigenvalue weighted by molar-refractivity contribution is 9.10. The molecule has 0 aliphatic rings. The van der Waals surface area contributed by atoms with E-state index >= 15 is 0 Å². The van der Waals surface area contributed by atoms with Gasteiger partial charge in [0.05, 0.1) is 0 Å². The second-order valence-electron chi connectivity index (χ2n) is 3.05. The van der Waals surface area contributed by atoms with Crippen LogP contribution in [-0.2, 0) is 0 Å². The maximum absolute atomic E-state index is 8.71. The van der Waals surface area contributed by atoms with Crippen LogP contribution in [-0.4, -0.2) is 28.5 Å². The van der Waals surface area contributed by atoms with Crippen molar-refractivity contribution < 1.29 is 10.3 Å². The Morgan fingerprint density at radius 2 is 2.25 bits per heavy atom. The lowest BCUT2D eigenvalue weighted by Gasteiger charge is -2.08. The number of aliphatic hydroxyl groups is 1. The fourth-order valence-corrected chi connectivity index (χ4v) is 2.67. The first-order valence-corrected chi connectivity index (χ1v) is 6.48. The topological polar surface area (TPSA) is 78.8 Å². The first-order chi connectivity index (χ1) is 7.69. The van der Waals surface area contributed by atoms with Gasteiger partial charge in [-0.3, -0.25) is 0 Å². The second kappa shape index (κ2) is 6.78. The molecule has 0 heterocycles. The zero-order valence-corrected chi connectivity index (χ0v) is 11.0. The van der Waals surface area contributed by atoms with Gasteiger partial charge in [0.2, 0.25) is 0 Å². The summed E-state index contributed by atoms with van der Waals surface area (Å²) in [5.74, 6) is 0.887. The molecule has 1 rings (SSSR count). The molecule has 0 unspecified atom stereocenters. The Balaban J connectivity index is 2.90. The average molecular weight is 305 g/mol. The van der Waals surface area contributed by atoms with E-state index < -0.39 is 0 Å². The molecule has 0 aliphatic carbocycles. The van der Waals surface area contributed by atoms with E-state index in [9.17, 15) is 0 Å². The van der Waals surface area contributed by atoms with Gasteiger partial charge in [-0.2, -0.15) is 0 Å². The molecule has 0 saturated heterocycles. The third-order valence-corrected chi connectivity index (χ3v) is 3.52. The van der Waals surface area contributed by atoms with Crippen molar-refractivity contribution in [2.75, 3.05) is 12.4 Å². The number of aliphatic hydroxyl groups excluding tert-OH is 1. The number of rotatable bonds is 5. The minimum absolute atomic E-state index is 0.0963. The summed E-state index contributed by atoms with van der Waals surface area (Å²) in [5, 5.41) is 20.4. The molecule has 88 valence electrons. The molecule has 0 aliphatic heterocycles. The molecule has 0 fully saturated rings. The summed E-state index contributed by atoms with van der Waals surface area (Å²) in [5.41, 5.74) is 6.27. The number of nitrogens with two attached hydrogens (primary N) is 1. The lowest BCUT2D eigenvalue weighted by Crippen LogP contribution is -2.14. The quantitative estimate of drug-likeness (QED) is 0.194. The van der Waals surface area contributed by atoms with Gasteiger partial charge in [0.15, 0.2) is 5.84 Å². The lowest BCUT2D eigenvalue weighted by molar-refractivity contribution is 0.296. The Kier molecular flexibility index (Phi) is 5.65. The van der Waals surface area contributed by atoms with Crippen molar-refractivity contribution in [2.24, 2.45) is 10.9 Å². The summed E-state index contributed by atoms with van der Waals surface area (Å²) in [6, 6.07) is 5.54. The van der Waals surface area contributed by atoms with Crippen LogP contribution >= 0.6 is 27.7 Å². The molecule has 0 atom stereocenters. The van der Waals surface area contributed by atoms with Crippen LogP contribution in [0, 0.1) is 0 Å². The van der Waals surface area contributed by atoms with Gasteiger partial charge in [0, 0.05) is 27.3 Å². The zero-order valence-electron chi connectivity index (χ0n) is 8.56. The van der Waals surface area contributed by atoms with Crippen LogP contribution < -0.4 is 5.73 Å². The third-order valence-electron chi connectivity index (χ3n) is 1.89. The molecule has 0 aromatic heterocycles. The predicted octanol–water partition coefficient (Wildman–Crippen LogP) is 2.02. The van der Waals surface area contributed by atoms with Crippen molar-refractivity contribution >= 4 is 33.5 Å². The van der Waals surface area contributed by atoms with E-state index in [0.29, 0.717) is 12.0 Å². The van der Waals surface area contributed by atoms with Crippen LogP contribution in [0.1, 0.15) is 12.0 Å². The highest BCUT2D eigenvalue weighted by Crippen LogP contribution is 2.26. The van der Waals surface area contributed by atoms with Gasteiger partial charge in [0.25, 0.3) is 0 Å². The van der Waals surface area contributed by atoms with E-state index in [1.165, 1.54) is 0 Å². The van der Waals surface area contributed by atoms with Gasteiger partial charge >= 0.3 is 0 Å². The SMILES string of the molecule is N/C(=N/O)c1ccc(Br)cc1SCCCO. The van der Waals surface area contributed by atoms with E-state index in [1.54, 1.807) is 17.8 Å². The summed E-state index contributed by atoms with van der Waals surface area (Å²) in [7, 11) is 0. The van der Waals surface area contributed by atoms with Crippen molar-refractivity contribution in [1.82, 2.24) is 0 Å². The molecular formula is C10H13BrN2O2S. The number of thioether (sulfide) groups is 1. The molecule has 0 radical (unpaired) electrons. The van der Waals surface area contributed by atoms with E-state index in [0.717, 1.165) is 15.1 Å². The van der Waals surface area contributed by atoms with Crippen molar-refractivity contribution in [2.45, 2.75) is 11.3 Å². The van der Waals surface area contributed by atoms with Crippen LogP contribution in [0.15, 0.2) is 32.7 Å². The number of halogens is 1. The third kappa shape index (κ3) is 3.70. The van der Waals surface area contributed by atoms with Crippen molar-refractivity contribution in [3.8, 4) is 0 Å². The standard InChI is InChI=1S/C10H13BrN2O2S/c11-7-2-3-8(10(12)13-15)9(6-7)16-5-1-4-14/h2-3,6,14-15H,1,4-5H2,(H2,12,13). The normalized spacial score (nSPS) is 11.8. The van der Waals surface area contributed by atoms with Gasteiger partial charge in [-0.05, 0) is 24.6 Å². The average Bonchev–Trinajstić information content (AvgIpc) is 2.29. The first kappa shape index (κ1) is 13.3. The summed E-state index contributed by atoms with van der Waals surface area (Å²) < 4.78 is 0.938. The van der Waals surface area contributed by atoms with E-state index in [4.69, 9.17) is 16.0 Å². The van der Waals surface area contributed by atoms with Crippen molar-refractivity contribution in [1.29, 1.82) is 0 Å². The monoisotopic (exact) mass is 304 g/mol. The van der Waals surface area contributed by atoms with Gasteiger partial charge in [0.1, 0.15) is 0 Å². The van der Waals surface area contributed by atoms with Crippen LogP contribution in [0.4, 0.5) is 0 Å². The maximum Gasteiger partial charge on any atom is 0.171 e. The second-order valence-corrected chi connectivity index (χ2v) is 5.10. The minimum atomic E-state index is 0.0963. The van der Waals surface area contributed by atoms with Gasteiger partial charge in [-0.1, -0.05) is 21.1 Å². The van der Waals surface area contributed by atoms with E-state index in [-0.39, 0.29) is 12.4 Å². The Morgan fingerprint density at radius 1 is 1.50 bits per heavy atom. The summed E-state index contributed by atoms with van der Waals surface area (Å²) >= 11 is 4.94. The highest BCUT2D eigenvalue weighted by atomic mass is 79.9. The van der Waals surface area contributed by atoms with Crippen LogP contribution in [0.3, 0.4) is 0 Å². The highest BCUT2D eigenvalue weighted by Gasteiger charge is 2.08. The lowest BCUT2D eigenvalue weighted by atomic mass is 10.2. The zero-order chi connectivity index (χ0) is 12.0. The van der Waals surface area contributed by atoms with Crippen molar-refractivity contribution in [3.63, 3.8) is 0 Å². The number of oxime groups is 1. The Bertz CT molecular complexity index is 385. The number of benzene rings is 1. The maximum atomic E-state index is 8.71. The van der Waals surface area contributed by atoms with Gasteiger partial charge < -0.3 is 16.0 Å². The first-order valence-electron chi connectivity index (χ1n) is 4.70.